The zero-order valence-electron chi connectivity index (χ0n) is 20.5. The summed E-state index contributed by atoms with van der Waals surface area (Å²) in [5.74, 6) is 0. The molecule has 2 aliphatic heterocycles. The van der Waals surface area contributed by atoms with Gasteiger partial charge in [0.1, 0.15) is 12.2 Å². The molecule has 1 aromatic carbocycles. The Morgan fingerprint density at radius 2 is 1.75 bits per heavy atom. The van der Waals surface area contributed by atoms with Gasteiger partial charge >= 0.3 is 12.2 Å². The van der Waals surface area contributed by atoms with Crippen LogP contribution in [0.5, 0.6) is 0 Å². The Hall–Kier alpha value is -2.06. The minimum Gasteiger partial charge on any atom is -0.445 e. The highest BCUT2D eigenvalue weighted by Crippen LogP contribution is 2.38. The molecule has 32 heavy (non-hydrogen) atoms. The molecule has 0 radical (unpaired) electrons. The van der Waals surface area contributed by atoms with Crippen LogP contribution in [0.25, 0.3) is 0 Å². The number of benzene rings is 1. The van der Waals surface area contributed by atoms with Gasteiger partial charge in [-0.2, -0.15) is 0 Å². The van der Waals surface area contributed by atoms with E-state index in [1.54, 1.807) is 4.90 Å². The second-order valence-electron chi connectivity index (χ2n) is 10.8. The first-order chi connectivity index (χ1) is 14.9. The summed E-state index contributed by atoms with van der Waals surface area (Å²) in [7, 11) is -1.87. The quantitative estimate of drug-likeness (QED) is 0.575. The van der Waals surface area contributed by atoms with Gasteiger partial charge in [0.2, 0.25) is 0 Å². The molecule has 0 saturated carbocycles. The van der Waals surface area contributed by atoms with Crippen molar-refractivity contribution in [3.8, 4) is 0 Å². The van der Waals surface area contributed by atoms with Crippen LogP contribution in [0.1, 0.15) is 46.1 Å². The Labute approximate surface area is 193 Å². The molecule has 0 aliphatic carbocycles. The van der Waals surface area contributed by atoms with E-state index in [-0.39, 0.29) is 43.0 Å². The van der Waals surface area contributed by atoms with E-state index in [4.69, 9.17) is 13.9 Å². The second-order valence-corrected chi connectivity index (χ2v) is 15.3. The predicted octanol–water partition coefficient (Wildman–Crippen LogP) is 5.02. The fourth-order valence-corrected chi connectivity index (χ4v) is 6.03. The molecule has 178 valence electrons. The number of fused-ring (bicyclic) bond motifs is 2. The smallest absolute Gasteiger partial charge is 0.410 e. The maximum atomic E-state index is 13.2. The zero-order chi connectivity index (χ0) is 23.7. The van der Waals surface area contributed by atoms with E-state index < -0.39 is 13.9 Å². The average Bonchev–Trinajstić information content (AvgIpc) is 2.97. The van der Waals surface area contributed by atoms with Crippen LogP contribution in [0.3, 0.4) is 0 Å². The van der Waals surface area contributed by atoms with E-state index in [0.29, 0.717) is 6.54 Å². The van der Waals surface area contributed by atoms with Crippen molar-refractivity contribution in [1.82, 2.24) is 9.80 Å². The van der Waals surface area contributed by atoms with Crippen molar-refractivity contribution in [1.29, 1.82) is 0 Å². The number of carbonyl (C=O) groups is 2. The van der Waals surface area contributed by atoms with Crippen molar-refractivity contribution in [3.05, 3.63) is 35.9 Å². The van der Waals surface area contributed by atoms with Crippen LogP contribution in [0.2, 0.25) is 19.6 Å². The fraction of sp³-hybridized carbons (Fsp3) is 0.667. The highest BCUT2D eigenvalue weighted by Gasteiger charge is 2.53. The van der Waals surface area contributed by atoms with Crippen LogP contribution in [0.4, 0.5) is 9.59 Å². The lowest BCUT2D eigenvalue weighted by molar-refractivity contribution is -0.0453. The third-order valence-electron chi connectivity index (χ3n) is 5.77. The van der Waals surface area contributed by atoms with Gasteiger partial charge in [-0.1, -0.05) is 30.3 Å². The average molecular weight is 463 g/mol. The van der Waals surface area contributed by atoms with E-state index >= 15 is 0 Å². The Kier molecular flexibility index (Phi) is 7.24. The lowest BCUT2D eigenvalue weighted by atomic mass is 9.98. The van der Waals surface area contributed by atoms with Gasteiger partial charge in [0, 0.05) is 6.54 Å². The zero-order valence-corrected chi connectivity index (χ0v) is 21.5. The van der Waals surface area contributed by atoms with Crippen molar-refractivity contribution in [2.75, 3.05) is 6.54 Å². The molecule has 1 aromatic rings. The number of ether oxygens (including phenoxy) is 2. The molecular weight excluding hydrogens is 424 g/mol. The number of rotatable bonds is 5. The van der Waals surface area contributed by atoms with Crippen LogP contribution in [0, 0.1) is 0 Å². The fourth-order valence-electron chi connectivity index (χ4n) is 4.77. The standard InChI is InChI=1S/C24H38N2O5Si/c1-17(31-32(5,6)7)21-20-14-13-19(26(20)23(28)30-24(2,3)4)15-25(21)22(27)29-16-18-11-9-8-10-12-18/h8-12,17,19-21H,13-16H2,1-7H3/t17?,19-,20+,21?/m1/s1. The van der Waals surface area contributed by atoms with Gasteiger partial charge in [-0.3, -0.25) is 9.80 Å². The van der Waals surface area contributed by atoms with Gasteiger partial charge in [-0.25, -0.2) is 9.59 Å². The summed E-state index contributed by atoms with van der Waals surface area (Å²) in [5, 5.41) is 0. The molecule has 0 aromatic heterocycles. The minimum atomic E-state index is -1.87. The molecule has 8 heteroatoms. The summed E-state index contributed by atoms with van der Waals surface area (Å²) in [6.07, 6.45) is 0.761. The lowest BCUT2D eigenvalue weighted by Crippen LogP contribution is -2.66. The third-order valence-corrected chi connectivity index (χ3v) is 6.85. The molecule has 7 nitrogen and oxygen atoms in total. The first kappa shape index (κ1) is 24.6. The van der Waals surface area contributed by atoms with Crippen molar-refractivity contribution in [2.24, 2.45) is 0 Å². The molecule has 2 heterocycles. The number of likely N-dealkylation sites (tertiary alicyclic amines) is 1. The third kappa shape index (κ3) is 6.04. The molecular formula is C24H38N2O5Si. The lowest BCUT2D eigenvalue weighted by Gasteiger charge is -2.48. The molecule has 0 N–H and O–H groups in total. The van der Waals surface area contributed by atoms with Crippen LogP contribution in [-0.2, 0) is 20.5 Å². The molecule has 2 aliphatic rings. The SMILES string of the molecule is CC(O[Si](C)(C)C)C1[C@@H]2CC[C@H](CN1C(=O)OCc1ccccc1)N2C(=O)OC(C)(C)C. The number of carbonyl (C=O) groups excluding carboxylic acids is 2. The molecule has 2 saturated heterocycles. The van der Waals surface area contributed by atoms with E-state index in [9.17, 15) is 9.59 Å². The summed E-state index contributed by atoms with van der Waals surface area (Å²) in [5.41, 5.74) is 0.372. The maximum absolute atomic E-state index is 13.2. The maximum Gasteiger partial charge on any atom is 0.410 e. The minimum absolute atomic E-state index is 0.0746. The molecule has 2 fully saturated rings. The highest BCUT2D eigenvalue weighted by molar-refractivity contribution is 6.69. The van der Waals surface area contributed by atoms with Crippen molar-refractivity contribution >= 4 is 20.5 Å². The molecule has 2 bridgehead atoms. The summed E-state index contributed by atoms with van der Waals surface area (Å²) in [6.45, 7) is 14.7. The Morgan fingerprint density at radius 3 is 2.34 bits per heavy atom. The van der Waals surface area contributed by atoms with Crippen molar-refractivity contribution in [3.63, 3.8) is 0 Å². The number of hydrogen-bond donors (Lipinski definition) is 0. The summed E-state index contributed by atoms with van der Waals surface area (Å²) < 4.78 is 17.8. The number of amides is 2. The van der Waals surface area contributed by atoms with Crippen LogP contribution in [-0.4, -0.2) is 66.7 Å². The number of hydrogen-bond acceptors (Lipinski definition) is 5. The van der Waals surface area contributed by atoms with Gasteiger partial charge in [-0.05, 0) is 65.7 Å². The summed E-state index contributed by atoms with van der Waals surface area (Å²) in [4.78, 5) is 29.9. The Balaban J connectivity index is 1.82. The summed E-state index contributed by atoms with van der Waals surface area (Å²) >= 11 is 0. The molecule has 2 amide bonds. The van der Waals surface area contributed by atoms with Crippen molar-refractivity contribution in [2.45, 2.75) is 96.6 Å². The largest absolute Gasteiger partial charge is 0.445 e. The van der Waals surface area contributed by atoms with Crippen molar-refractivity contribution < 1.29 is 23.5 Å². The van der Waals surface area contributed by atoms with Crippen LogP contribution in [0.15, 0.2) is 30.3 Å². The van der Waals surface area contributed by atoms with Crippen LogP contribution < -0.4 is 0 Å². The van der Waals surface area contributed by atoms with Crippen LogP contribution >= 0.6 is 0 Å². The predicted molar refractivity (Wildman–Crippen MR) is 126 cm³/mol. The molecule has 2 unspecified atom stereocenters. The topological polar surface area (TPSA) is 68.3 Å². The number of piperazine rings is 1. The molecule has 4 atom stereocenters. The monoisotopic (exact) mass is 462 g/mol. The Morgan fingerprint density at radius 1 is 1.09 bits per heavy atom. The van der Waals surface area contributed by atoms with E-state index in [1.165, 1.54) is 0 Å². The van der Waals surface area contributed by atoms with Gasteiger partial charge in [-0.15, -0.1) is 0 Å². The van der Waals surface area contributed by atoms with Gasteiger partial charge in [0.25, 0.3) is 0 Å². The molecule has 3 rings (SSSR count). The first-order valence-corrected chi connectivity index (χ1v) is 14.9. The molecule has 0 spiro atoms. The normalized spacial score (nSPS) is 24.3. The van der Waals surface area contributed by atoms with E-state index in [2.05, 4.69) is 19.6 Å². The van der Waals surface area contributed by atoms with Gasteiger partial charge in [0.15, 0.2) is 8.32 Å². The number of nitrogens with zero attached hydrogens (tertiary/aromatic N) is 2. The Bertz CT molecular complexity index is 805. The summed E-state index contributed by atoms with van der Waals surface area (Å²) in [6, 6.07) is 9.15. The van der Waals surface area contributed by atoms with Gasteiger partial charge < -0.3 is 13.9 Å². The van der Waals surface area contributed by atoms with Gasteiger partial charge in [0.05, 0.1) is 24.2 Å². The highest BCUT2D eigenvalue weighted by atomic mass is 28.4. The first-order valence-electron chi connectivity index (χ1n) is 11.5. The van der Waals surface area contributed by atoms with E-state index in [0.717, 1.165) is 18.4 Å². The van der Waals surface area contributed by atoms with E-state index in [1.807, 2.05) is 62.9 Å². The second kappa shape index (κ2) is 9.43.